The van der Waals surface area contributed by atoms with E-state index in [1.54, 1.807) is 6.20 Å². The van der Waals surface area contributed by atoms with E-state index in [4.69, 9.17) is 0 Å². The normalized spacial score (nSPS) is 20.8. The van der Waals surface area contributed by atoms with Crippen LogP contribution < -0.4 is 4.90 Å². The number of allylic oxidation sites excluding steroid dienone is 1. The first-order valence-electron chi connectivity index (χ1n) is 8.59. The van der Waals surface area contributed by atoms with Crippen LogP contribution in [0, 0.1) is 12.3 Å². The summed E-state index contributed by atoms with van der Waals surface area (Å²) >= 11 is 0. The molecule has 1 aliphatic rings. The van der Waals surface area contributed by atoms with E-state index in [1.807, 2.05) is 55.5 Å². The van der Waals surface area contributed by atoms with Crippen molar-refractivity contribution in [2.75, 3.05) is 18.0 Å². The van der Waals surface area contributed by atoms with Gasteiger partial charge in [0.2, 0.25) is 0 Å². The maximum atomic E-state index is 12.1. The lowest BCUT2D eigenvalue weighted by Crippen LogP contribution is -2.48. The zero-order valence-electron chi connectivity index (χ0n) is 14.4. The second-order valence-corrected chi connectivity index (χ2v) is 6.59. The molecular formula is C20H23N3O2. The number of carboxylic acid groups (broad SMARTS) is 1. The van der Waals surface area contributed by atoms with Gasteiger partial charge in [-0.2, -0.15) is 0 Å². The van der Waals surface area contributed by atoms with Crippen molar-refractivity contribution in [3.8, 4) is 0 Å². The Morgan fingerprint density at radius 2 is 2.12 bits per heavy atom. The second-order valence-electron chi connectivity index (χ2n) is 6.59. The minimum absolute atomic E-state index is 0.470. The maximum Gasteiger partial charge on any atom is 0.311 e. The molecule has 0 saturated carbocycles. The summed E-state index contributed by atoms with van der Waals surface area (Å²) in [7, 11) is 0. The van der Waals surface area contributed by atoms with Crippen molar-refractivity contribution in [2.45, 2.75) is 26.2 Å². The van der Waals surface area contributed by atoms with Crippen molar-refractivity contribution in [3.63, 3.8) is 0 Å². The van der Waals surface area contributed by atoms with E-state index in [0.29, 0.717) is 25.2 Å². The van der Waals surface area contributed by atoms with E-state index in [0.717, 1.165) is 24.3 Å². The fourth-order valence-corrected chi connectivity index (χ4v) is 3.36. The molecule has 1 aromatic heterocycles. The number of aromatic nitrogens is 2. The Morgan fingerprint density at radius 3 is 2.84 bits per heavy atom. The minimum atomic E-state index is -0.775. The number of nitrogens with zero attached hydrogens (tertiary/aromatic N) is 3. The maximum absolute atomic E-state index is 12.1. The SMILES string of the molecule is Cc1nccc(N2CCC[C@@](C/C=C/c3ccccc3)(C(=O)O)C2)n1. The van der Waals surface area contributed by atoms with Crippen LogP contribution in [0.25, 0.3) is 6.08 Å². The molecule has 0 radical (unpaired) electrons. The first-order valence-corrected chi connectivity index (χ1v) is 8.59. The average Bonchev–Trinajstić information content (AvgIpc) is 2.63. The molecule has 1 aliphatic heterocycles. The molecule has 25 heavy (non-hydrogen) atoms. The molecule has 1 atom stereocenters. The number of benzene rings is 1. The van der Waals surface area contributed by atoms with Crippen LogP contribution in [0.4, 0.5) is 5.82 Å². The summed E-state index contributed by atoms with van der Waals surface area (Å²) < 4.78 is 0. The molecule has 0 spiro atoms. The lowest BCUT2D eigenvalue weighted by Gasteiger charge is -2.40. The summed E-state index contributed by atoms with van der Waals surface area (Å²) in [5, 5.41) is 9.91. The fourth-order valence-electron chi connectivity index (χ4n) is 3.36. The number of carboxylic acids is 1. The van der Waals surface area contributed by atoms with E-state index in [1.165, 1.54) is 0 Å². The topological polar surface area (TPSA) is 66.3 Å². The summed E-state index contributed by atoms with van der Waals surface area (Å²) in [4.78, 5) is 22.7. The number of aryl methyl sites for hydroxylation is 1. The van der Waals surface area contributed by atoms with E-state index in [-0.39, 0.29) is 0 Å². The minimum Gasteiger partial charge on any atom is -0.481 e. The average molecular weight is 337 g/mol. The van der Waals surface area contributed by atoms with Crippen molar-refractivity contribution in [2.24, 2.45) is 5.41 Å². The van der Waals surface area contributed by atoms with Gasteiger partial charge in [0.15, 0.2) is 0 Å². The van der Waals surface area contributed by atoms with Crippen LogP contribution in [0.2, 0.25) is 0 Å². The lowest BCUT2D eigenvalue weighted by atomic mass is 9.77. The first kappa shape index (κ1) is 17.1. The standard InChI is InChI=1S/C20H23N3O2/c1-16-21-13-10-18(22-16)23-14-6-12-20(15-23,19(24)25)11-5-9-17-7-3-2-4-8-17/h2-5,7-10,13H,6,11-12,14-15H2,1H3,(H,24,25)/b9-5+/t20-/m1/s1. The molecule has 5 nitrogen and oxygen atoms in total. The monoisotopic (exact) mass is 337 g/mol. The molecule has 1 aromatic carbocycles. The quantitative estimate of drug-likeness (QED) is 0.903. The Labute approximate surface area is 148 Å². The van der Waals surface area contributed by atoms with Crippen LogP contribution in [0.15, 0.2) is 48.7 Å². The highest BCUT2D eigenvalue weighted by molar-refractivity contribution is 5.76. The predicted octanol–water partition coefficient (Wildman–Crippen LogP) is 3.56. The molecule has 2 aromatic rings. The van der Waals surface area contributed by atoms with Crippen LogP contribution in [0.3, 0.4) is 0 Å². The Balaban J connectivity index is 1.77. The number of carbonyl (C=O) groups is 1. The number of anilines is 1. The highest BCUT2D eigenvalue weighted by atomic mass is 16.4. The van der Waals surface area contributed by atoms with Gasteiger partial charge in [-0.1, -0.05) is 42.5 Å². The largest absolute Gasteiger partial charge is 0.481 e. The Morgan fingerprint density at radius 1 is 1.32 bits per heavy atom. The number of aliphatic carboxylic acids is 1. The van der Waals surface area contributed by atoms with Gasteiger partial charge in [0, 0.05) is 19.3 Å². The molecule has 0 amide bonds. The highest BCUT2D eigenvalue weighted by Gasteiger charge is 2.41. The van der Waals surface area contributed by atoms with Crippen molar-refractivity contribution >= 4 is 17.9 Å². The van der Waals surface area contributed by atoms with E-state index in [9.17, 15) is 9.90 Å². The smallest absolute Gasteiger partial charge is 0.311 e. The van der Waals surface area contributed by atoms with Crippen molar-refractivity contribution < 1.29 is 9.90 Å². The van der Waals surface area contributed by atoms with Gasteiger partial charge in [-0.05, 0) is 37.8 Å². The van der Waals surface area contributed by atoms with Crippen LogP contribution in [-0.2, 0) is 4.79 Å². The summed E-state index contributed by atoms with van der Waals surface area (Å²) in [6.45, 7) is 3.15. The van der Waals surface area contributed by atoms with Gasteiger partial charge in [-0.3, -0.25) is 4.79 Å². The zero-order chi connectivity index (χ0) is 17.7. The molecule has 3 rings (SSSR count). The van der Waals surface area contributed by atoms with Crippen molar-refractivity contribution in [1.29, 1.82) is 0 Å². The molecule has 0 bridgehead atoms. The summed E-state index contributed by atoms with van der Waals surface area (Å²) in [5.74, 6) is 0.776. The zero-order valence-corrected chi connectivity index (χ0v) is 14.4. The van der Waals surface area contributed by atoms with E-state index < -0.39 is 11.4 Å². The number of piperidine rings is 1. The van der Waals surface area contributed by atoms with Crippen LogP contribution in [0.5, 0.6) is 0 Å². The molecule has 130 valence electrons. The Hall–Kier alpha value is -2.69. The van der Waals surface area contributed by atoms with Crippen molar-refractivity contribution in [3.05, 3.63) is 60.1 Å². The van der Waals surface area contributed by atoms with Gasteiger partial charge in [-0.15, -0.1) is 0 Å². The van der Waals surface area contributed by atoms with Crippen LogP contribution in [0.1, 0.15) is 30.7 Å². The lowest BCUT2D eigenvalue weighted by molar-refractivity contribution is -0.149. The van der Waals surface area contributed by atoms with Gasteiger partial charge in [0.05, 0.1) is 5.41 Å². The first-order chi connectivity index (χ1) is 12.1. The summed E-state index contributed by atoms with van der Waals surface area (Å²) in [5.41, 5.74) is 0.310. The predicted molar refractivity (Wildman–Crippen MR) is 98.4 cm³/mol. The third-order valence-corrected chi connectivity index (χ3v) is 4.73. The number of hydrogen-bond donors (Lipinski definition) is 1. The number of hydrogen-bond acceptors (Lipinski definition) is 4. The van der Waals surface area contributed by atoms with Gasteiger partial charge >= 0.3 is 5.97 Å². The van der Waals surface area contributed by atoms with Gasteiger partial charge in [-0.25, -0.2) is 9.97 Å². The van der Waals surface area contributed by atoms with E-state index >= 15 is 0 Å². The molecule has 1 saturated heterocycles. The van der Waals surface area contributed by atoms with Gasteiger partial charge < -0.3 is 10.0 Å². The van der Waals surface area contributed by atoms with Gasteiger partial charge in [0.25, 0.3) is 0 Å². The molecular weight excluding hydrogens is 314 g/mol. The van der Waals surface area contributed by atoms with Gasteiger partial charge in [0.1, 0.15) is 11.6 Å². The molecule has 1 N–H and O–H groups in total. The second kappa shape index (κ2) is 7.47. The molecule has 1 fully saturated rings. The molecule has 2 heterocycles. The molecule has 0 aliphatic carbocycles. The number of rotatable bonds is 5. The summed E-state index contributed by atoms with van der Waals surface area (Å²) in [6, 6.07) is 11.8. The summed E-state index contributed by atoms with van der Waals surface area (Å²) in [6.07, 6.45) is 7.75. The molecule has 5 heteroatoms. The fraction of sp³-hybridized carbons (Fsp3) is 0.350. The molecule has 0 unspecified atom stereocenters. The van der Waals surface area contributed by atoms with E-state index in [2.05, 4.69) is 14.9 Å². The third-order valence-electron chi connectivity index (χ3n) is 4.73. The Bertz CT molecular complexity index is 761. The highest BCUT2D eigenvalue weighted by Crippen LogP contribution is 2.36. The van der Waals surface area contributed by atoms with Crippen molar-refractivity contribution in [1.82, 2.24) is 9.97 Å². The third kappa shape index (κ3) is 4.05. The van der Waals surface area contributed by atoms with Crippen LogP contribution in [-0.4, -0.2) is 34.1 Å². The Kier molecular flexibility index (Phi) is 5.12. The van der Waals surface area contributed by atoms with Crippen LogP contribution >= 0.6 is 0 Å².